The molecule has 26 heavy (non-hydrogen) atoms. The third kappa shape index (κ3) is 3.04. The van der Waals surface area contributed by atoms with E-state index in [-0.39, 0.29) is 11.8 Å². The number of pyridine rings is 1. The molecule has 0 spiro atoms. The number of aromatic nitrogens is 1. The van der Waals surface area contributed by atoms with Crippen molar-refractivity contribution in [2.24, 2.45) is 0 Å². The van der Waals surface area contributed by atoms with Crippen LogP contribution in [-0.2, 0) is 0 Å². The highest BCUT2D eigenvalue weighted by molar-refractivity contribution is 6.05. The Labute approximate surface area is 151 Å². The number of carbonyl (C=O) groups excluding carboxylic acids is 2. The molecule has 3 aromatic rings. The minimum Gasteiger partial charge on any atom is -0.335 e. The third-order valence-corrected chi connectivity index (χ3v) is 4.74. The van der Waals surface area contributed by atoms with Gasteiger partial charge in [-0.05, 0) is 24.3 Å². The van der Waals surface area contributed by atoms with Gasteiger partial charge in [0.15, 0.2) is 0 Å². The van der Waals surface area contributed by atoms with Crippen molar-refractivity contribution in [2.75, 3.05) is 26.2 Å². The van der Waals surface area contributed by atoms with Gasteiger partial charge in [0.05, 0.1) is 11.1 Å². The van der Waals surface area contributed by atoms with E-state index in [9.17, 15) is 9.59 Å². The Hall–Kier alpha value is -3.21. The maximum absolute atomic E-state index is 12.9. The van der Waals surface area contributed by atoms with Gasteiger partial charge in [-0.15, -0.1) is 0 Å². The molecule has 4 rings (SSSR count). The summed E-state index contributed by atoms with van der Waals surface area (Å²) in [6.07, 6.45) is 1.70. The maximum Gasteiger partial charge on any atom is 0.256 e. The van der Waals surface area contributed by atoms with Crippen molar-refractivity contribution in [3.05, 3.63) is 78.0 Å². The second-order valence-corrected chi connectivity index (χ2v) is 6.33. The van der Waals surface area contributed by atoms with E-state index in [2.05, 4.69) is 4.98 Å². The van der Waals surface area contributed by atoms with Crippen LogP contribution in [0, 0.1) is 0 Å². The molecule has 1 fully saturated rings. The second kappa shape index (κ2) is 6.96. The van der Waals surface area contributed by atoms with E-state index in [1.54, 1.807) is 16.0 Å². The molecule has 2 amide bonds. The van der Waals surface area contributed by atoms with Crippen molar-refractivity contribution in [1.29, 1.82) is 0 Å². The minimum atomic E-state index is -0.0267. The first-order chi connectivity index (χ1) is 12.7. The van der Waals surface area contributed by atoms with Crippen molar-refractivity contribution in [3.8, 4) is 0 Å². The van der Waals surface area contributed by atoms with Crippen molar-refractivity contribution < 1.29 is 9.59 Å². The third-order valence-electron chi connectivity index (χ3n) is 4.74. The molecule has 1 aliphatic heterocycles. The summed E-state index contributed by atoms with van der Waals surface area (Å²) in [7, 11) is 0. The second-order valence-electron chi connectivity index (χ2n) is 6.33. The van der Waals surface area contributed by atoms with Crippen LogP contribution in [-0.4, -0.2) is 52.8 Å². The first kappa shape index (κ1) is 16.3. The van der Waals surface area contributed by atoms with Gasteiger partial charge in [-0.1, -0.05) is 36.4 Å². The summed E-state index contributed by atoms with van der Waals surface area (Å²) in [6.45, 7) is 2.14. The number of amides is 2. The molecule has 0 atom stereocenters. The number of benzene rings is 2. The van der Waals surface area contributed by atoms with Gasteiger partial charge in [0.25, 0.3) is 11.8 Å². The SMILES string of the molecule is O=C(c1ccccc1)N1CCN(C(=O)c2cccc3cccnc23)CC1. The summed E-state index contributed by atoms with van der Waals surface area (Å²) in [5.41, 5.74) is 2.03. The molecule has 0 unspecified atom stereocenters. The first-order valence-electron chi connectivity index (χ1n) is 8.71. The van der Waals surface area contributed by atoms with E-state index in [1.165, 1.54) is 0 Å². The molecular weight excluding hydrogens is 326 g/mol. The van der Waals surface area contributed by atoms with Crippen LogP contribution in [0.3, 0.4) is 0 Å². The minimum absolute atomic E-state index is 0.0181. The predicted octanol–water partition coefficient (Wildman–Crippen LogP) is 2.83. The molecule has 2 aromatic carbocycles. The number of hydrogen-bond donors (Lipinski definition) is 0. The summed E-state index contributed by atoms with van der Waals surface area (Å²) < 4.78 is 0. The van der Waals surface area contributed by atoms with Gasteiger partial charge in [-0.3, -0.25) is 14.6 Å². The number of rotatable bonds is 2. The Kier molecular flexibility index (Phi) is 4.35. The fourth-order valence-corrected chi connectivity index (χ4v) is 3.32. The van der Waals surface area contributed by atoms with E-state index >= 15 is 0 Å². The van der Waals surface area contributed by atoms with Gasteiger partial charge in [-0.2, -0.15) is 0 Å². The first-order valence-corrected chi connectivity index (χ1v) is 8.71. The Bertz CT molecular complexity index is 942. The largest absolute Gasteiger partial charge is 0.335 e. The smallest absolute Gasteiger partial charge is 0.256 e. The van der Waals surface area contributed by atoms with Crippen molar-refractivity contribution in [1.82, 2.24) is 14.8 Å². The van der Waals surface area contributed by atoms with Crippen LogP contribution in [0.15, 0.2) is 66.9 Å². The molecule has 1 aromatic heterocycles. The van der Waals surface area contributed by atoms with Crippen molar-refractivity contribution in [3.63, 3.8) is 0 Å². The highest BCUT2D eigenvalue weighted by atomic mass is 16.2. The van der Waals surface area contributed by atoms with Crippen LogP contribution in [0.1, 0.15) is 20.7 Å². The maximum atomic E-state index is 12.9. The lowest BCUT2D eigenvalue weighted by Gasteiger charge is -2.35. The summed E-state index contributed by atoms with van der Waals surface area (Å²) in [4.78, 5) is 33.5. The van der Waals surface area contributed by atoms with Gasteiger partial charge in [-0.25, -0.2) is 0 Å². The van der Waals surface area contributed by atoms with Crippen LogP contribution in [0.25, 0.3) is 10.9 Å². The number of piperazine rings is 1. The summed E-state index contributed by atoms with van der Waals surface area (Å²) >= 11 is 0. The number of fused-ring (bicyclic) bond motifs is 1. The van der Waals surface area contributed by atoms with Gasteiger partial charge in [0, 0.05) is 43.3 Å². The van der Waals surface area contributed by atoms with Crippen LogP contribution >= 0.6 is 0 Å². The topological polar surface area (TPSA) is 53.5 Å². The quantitative estimate of drug-likeness (QED) is 0.718. The Morgan fingerprint density at radius 2 is 1.38 bits per heavy atom. The molecule has 130 valence electrons. The van der Waals surface area contributed by atoms with Crippen LogP contribution in [0.2, 0.25) is 0 Å². The molecule has 0 bridgehead atoms. The highest BCUT2D eigenvalue weighted by Gasteiger charge is 2.26. The zero-order chi connectivity index (χ0) is 17.9. The van der Waals surface area contributed by atoms with Crippen molar-refractivity contribution in [2.45, 2.75) is 0 Å². The number of para-hydroxylation sites is 1. The van der Waals surface area contributed by atoms with E-state index in [0.29, 0.717) is 37.3 Å². The van der Waals surface area contributed by atoms with E-state index < -0.39 is 0 Å². The Morgan fingerprint density at radius 3 is 2.12 bits per heavy atom. The lowest BCUT2D eigenvalue weighted by molar-refractivity contribution is 0.0536. The lowest BCUT2D eigenvalue weighted by Crippen LogP contribution is -2.50. The highest BCUT2D eigenvalue weighted by Crippen LogP contribution is 2.19. The van der Waals surface area contributed by atoms with E-state index in [1.807, 2.05) is 60.7 Å². The monoisotopic (exact) mass is 345 g/mol. The summed E-state index contributed by atoms with van der Waals surface area (Å²) in [5.74, 6) is -0.00867. The average molecular weight is 345 g/mol. The fraction of sp³-hybridized carbons (Fsp3) is 0.190. The van der Waals surface area contributed by atoms with Gasteiger partial charge >= 0.3 is 0 Å². The number of hydrogen-bond acceptors (Lipinski definition) is 3. The normalized spacial score (nSPS) is 14.5. The molecule has 2 heterocycles. The van der Waals surface area contributed by atoms with Crippen molar-refractivity contribution >= 4 is 22.7 Å². The average Bonchev–Trinajstić information content (AvgIpc) is 2.73. The molecule has 0 saturated carbocycles. The fourth-order valence-electron chi connectivity index (χ4n) is 3.32. The molecule has 1 aliphatic rings. The predicted molar refractivity (Wildman–Crippen MR) is 100.0 cm³/mol. The molecule has 1 saturated heterocycles. The number of carbonyl (C=O) groups is 2. The van der Waals surface area contributed by atoms with Gasteiger partial charge in [0.2, 0.25) is 0 Å². The Morgan fingerprint density at radius 1 is 0.731 bits per heavy atom. The van der Waals surface area contributed by atoms with Crippen LogP contribution in [0.4, 0.5) is 0 Å². The van der Waals surface area contributed by atoms with Gasteiger partial charge < -0.3 is 9.80 Å². The van der Waals surface area contributed by atoms with Crippen LogP contribution in [0.5, 0.6) is 0 Å². The van der Waals surface area contributed by atoms with Crippen LogP contribution < -0.4 is 0 Å². The molecule has 0 aliphatic carbocycles. The molecule has 5 nitrogen and oxygen atoms in total. The van der Waals surface area contributed by atoms with E-state index in [0.717, 1.165) is 10.9 Å². The Balaban J connectivity index is 1.48. The van der Waals surface area contributed by atoms with E-state index in [4.69, 9.17) is 0 Å². The summed E-state index contributed by atoms with van der Waals surface area (Å²) in [6, 6.07) is 18.7. The molecule has 0 N–H and O–H groups in total. The summed E-state index contributed by atoms with van der Waals surface area (Å²) in [5, 5.41) is 0.955. The lowest BCUT2D eigenvalue weighted by atomic mass is 10.1. The standard InChI is InChI=1S/C21H19N3O2/c25-20(17-6-2-1-3-7-17)23-12-14-24(15-13-23)21(26)18-10-4-8-16-9-5-11-22-19(16)18/h1-11H,12-15H2. The number of nitrogens with zero attached hydrogens (tertiary/aromatic N) is 3. The molecule has 5 heteroatoms. The molecule has 0 radical (unpaired) electrons. The van der Waals surface area contributed by atoms with Gasteiger partial charge in [0.1, 0.15) is 0 Å². The zero-order valence-corrected chi connectivity index (χ0v) is 14.3. The molecular formula is C21H19N3O2. The zero-order valence-electron chi connectivity index (χ0n) is 14.3.